The molecule has 0 spiro atoms. The summed E-state index contributed by atoms with van der Waals surface area (Å²) < 4.78 is 33.2. The van der Waals surface area contributed by atoms with E-state index in [1.807, 2.05) is 6.92 Å². The Bertz CT molecular complexity index is 591. The highest BCUT2D eigenvalue weighted by molar-refractivity contribution is 7.89. The van der Waals surface area contributed by atoms with Crippen molar-refractivity contribution in [3.63, 3.8) is 0 Å². The van der Waals surface area contributed by atoms with Crippen molar-refractivity contribution in [1.82, 2.24) is 10.0 Å². The largest absolute Gasteiger partial charge is 0.494 e. The number of piperidine rings is 1. The van der Waals surface area contributed by atoms with E-state index >= 15 is 0 Å². The molecule has 2 aliphatic heterocycles. The SMILES string of the molecule is CCOc1cccc(S(=O)(=O)NC2CC3CCC(C2)N3)c1. The molecule has 2 N–H and O–H groups in total. The van der Waals surface area contributed by atoms with Crippen LogP contribution in [0.25, 0.3) is 0 Å². The van der Waals surface area contributed by atoms with Crippen LogP contribution in [0.3, 0.4) is 0 Å². The van der Waals surface area contributed by atoms with Gasteiger partial charge in [-0.15, -0.1) is 0 Å². The number of hydrogen-bond acceptors (Lipinski definition) is 4. The molecule has 2 saturated heterocycles. The molecule has 6 heteroatoms. The third-order valence-electron chi connectivity index (χ3n) is 4.22. The van der Waals surface area contributed by atoms with E-state index in [0.29, 0.717) is 24.4 Å². The van der Waals surface area contributed by atoms with Crippen molar-refractivity contribution in [3.05, 3.63) is 24.3 Å². The quantitative estimate of drug-likeness (QED) is 0.868. The molecule has 0 saturated carbocycles. The normalized spacial score (nSPS) is 28.5. The van der Waals surface area contributed by atoms with Gasteiger partial charge in [0, 0.05) is 24.2 Å². The summed E-state index contributed by atoms with van der Waals surface area (Å²) in [6.07, 6.45) is 4.06. The second kappa shape index (κ2) is 5.94. The molecule has 0 aliphatic carbocycles. The number of rotatable bonds is 5. The molecule has 116 valence electrons. The van der Waals surface area contributed by atoms with Crippen LogP contribution in [-0.4, -0.2) is 33.2 Å². The third kappa shape index (κ3) is 3.39. The van der Waals surface area contributed by atoms with Crippen LogP contribution in [0.2, 0.25) is 0 Å². The number of benzene rings is 1. The van der Waals surface area contributed by atoms with E-state index < -0.39 is 10.0 Å². The predicted molar refractivity (Wildman–Crippen MR) is 80.9 cm³/mol. The van der Waals surface area contributed by atoms with Crippen LogP contribution in [0.1, 0.15) is 32.6 Å². The van der Waals surface area contributed by atoms with Gasteiger partial charge in [0.1, 0.15) is 5.75 Å². The molecule has 5 nitrogen and oxygen atoms in total. The standard InChI is InChI=1S/C15H22N2O3S/c1-2-20-14-4-3-5-15(10-14)21(18,19)17-13-8-11-6-7-12(9-13)16-11/h3-5,10-13,16-17H,2,6-9H2,1H3. The maximum Gasteiger partial charge on any atom is 0.240 e. The molecule has 2 fully saturated rings. The van der Waals surface area contributed by atoms with Crippen LogP contribution in [0.4, 0.5) is 0 Å². The van der Waals surface area contributed by atoms with E-state index in [0.717, 1.165) is 25.7 Å². The number of fused-ring (bicyclic) bond motifs is 2. The molecule has 2 aliphatic rings. The van der Waals surface area contributed by atoms with Gasteiger partial charge in [0.05, 0.1) is 11.5 Å². The van der Waals surface area contributed by atoms with E-state index in [1.165, 1.54) is 0 Å². The first-order valence-corrected chi connectivity index (χ1v) is 9.06. The summed E-state index contributed by atoms with van der Waals surface area (Å²) in [6, 6.07) is 7.64. The zero-order chi connectivity index (χ0) is 14.9. The molecule has 1 aromatic carbocycles. The van der Waals surface area contributed by atoms with Gasteiger partial charge in [-0.1, -0.05) is 6.07 Å². The molecule has 21 heavy (non-hydrogen) atoms. The molecule has 2 unspecified atom stereocenters. The zero-order valence-corrected chi connectivity index (χ0v) is 13.0. The van der Waals surface area contributed by atoms with Crippen molar-refractivity contribution < 1.29 is 13.2 Å². The van der Waals surface area contributed by atoms with Gasteiger partial charge in [-0.25, -0.2) is 13.1 Å². The minimum Gasteiger partial charge on any atom is -0.494 e. The molecule has 2 heterocycles. The van der Waals surface area contributed by atoms with Crippen LogP contribution in [-0.2, 0) is 10.0 Å². The lowest BCUT2D eigenvalue weighted by molar-refractivity contribution is 0.338. The summed E-state index contributed by atoms with van der Waals surface area (Å²) in [6.45, 7) is 2.40. The topological polar surface area (TPSA) is 67.4 Å². The van der Waals surface area contributed by atoms with Gasteiger partial charge < -0.3 is 10.1 Å². The van der Waals surface area contributed by atoms with Crippen molar-refractivity contribution in [3.8, 4) is 5.75 Å². The highest BCUT2D eigenvalue weighted by Crippen LogP contribution is 2.28. The second-order valence-corrected chi connectivity index (χ2v) is 7.55. The lowest BCUT2D eigenvalue weighted by atomic mass is 10.0. The molecular weight excluding hydrogens is 288 g/mol. The Morgan fingerprint density at radius 2 is 2.00 bits per heavy atom. The predicted octanol–water partition coefficient (Wildman–Crippen LogP) is 1.65. The summed E-state index contributed by atoms with van der Waals surface area (Å²) in [4.78, 5) is 0.277. The molecule has 2 bridgehead atoms. The highest BCUT2D eigenvalue weighted by Gasteiger charge is 2.35. The highest BCUT2D eigenvalue weighted by atomic mass is 32.2. The van der Waals surface area contributed by atoms with Crippen LogP contribution in [0, 0.1) is 0 Å². The fraction of sp³-hybridized carbons (Fsp3) is 0.600. The fourth-order valence-electron chi connectivity index (χ4n) is 3.34. The summed E-state index contributed by atoms with van der Waals surface area (Å²) in [5, 5.41) is 3.52. The average molecular weight is 310 g/mol. The maximum absolute atomic E-state index is 12.5. The average Bonchev–Trinajstić information content (AvgIpc) is 2.78. The Labute approximate surface area is 126 Å². The van der Waals surface area contributed by atoms with E-state index in [2.05, 4.69) is 10.0 Å². The van der Waals surface area contributed by atoms with E-state index in [4.69, 9.17) is 4.74 Å². The van der Waals surface area contributed by atoms with Gasteiger partial charge in [0.15, 0.2) is 0 Å². The minimum absolute atomic E-state index is 0.0319. The van der Waals surface area contributed by atoms with Crippen LogP contribution in [0.15, 0.2) is 29.2 Å². The van der Waals surface area contributed by atoms with Gasteiger partial charge in [-0.3, -0.25) is 0 Å². The Morgan fingerprint density at radius 3 is 2.67 bits per heavy atom. The van der Waals surface area contributed by atoms with Crippen LogP contribution < -0.4 is 14.8 Å². The minimum atomic E-state index is -3.48. The zero-order valence-electron chi connectivity index (χ0n) is 12.2. The lowest BCUT2D eigenvalue weighted by Crippen LogP contribution is -2.47. The first kappa shape index (κ1) is 14.8. The van der Waals surface area contributed by atoms with Gasteiger partial charge in [0.25, 0.3) is 0 Å². The Balaban J connectivity index is 1.73. The lowest BCUT2D eigenvalue weighted by Gasteiger charge is -2.29. The van der Waals surface area contributed by atoms with Crippen molar-refractivity contribution in [2.75, 3.05) is 6.61 Å². The second-order valence-electron chi connectivity index (χ2n) is 5.84. The Hall–Kier alpha value is -1.11. The molecule has 0 aromatic heterocycles. The molecular formula is C15H22N2O3S. The first-order chi connectivity index (χ1) is 10.1. The van der Waals surface area contributed by atoms with Gasteiger partial charge in [0.2, 0.25) is 10.0 Å². The van der Waals surface area contributed by atoms with Gasteiger partial charge in [-0.2, -0.15) is 0 Å². The van der Waals surface area contributed by atoms with E-state index in [1.54, 1.807) is 24.3 Å². The first-order valence-electron chi connectivity index (χ1n) is 7.58. The van der Waals surface area contributed by atoms with E-state index in [9.17, 15) is 8.42 Å². The smallest absolute Gasteiger partial charge is 0.240 e. The van der Waals surface area contributed by atoms with Crippen molar-refractivity contribution in [2.24, 2.45) is 0 Å². The van der Waals surface area contributed by atoms with Crippen LogP contribution >= 0.6 is 0 Å². The molecule has 2 atom stereocenters. The summed E-state index contributed by atoms with van der Waals surface area (Å²) >= 11 is 0. The summed E-state index contributed by atoms with van der Waals surface area (Å²) in [5.74, 6) is 0.589. The molecule has 0 radical (unpaired) electrons. The van der Waals surface area contributed by atoms with Gasteiger partial charge >= 0.3 is 0 Å². The third-order valence-corrected chi connectivity index (χ3v) is 5.74. The molecule has 0 amide bonds. The fourth-order valence-corrected chi connectivity index (χ4v) is 4.64. The molecule has 3 rings (SSSR count). The molecule has 1 aromatic rings. The van der Waals surface area contributed by atoms with Crippen molar-refractivity contribution in [2.45, 2.75) is 55.6 Å². The Kier molecular flexibility index (Phi) is 4.19. The maximum atomic E-state index is 12.5. The van der Waals surface area contributed by atoms with Gasteiger partial charge in [-0.05, 0) is 44.7 Å². The van der Waals surface area contributed by atoms with Crippen molar-refractivity contribution in [1.29, 1.82) is 0 Å². The van der Waals surface area contributed by atoms with E-state index in [-0.39, 0.29) is 10.9 Å². The Morgan fingerprint density at radius 1 is 1.29 bits per heavy atom. The van der Waals surface area contributed by atoms with Crippen molar-refractivity contribution >= 4 is 10.0 Å². The number of hydrogen-bond donors (Lipinski definition) is 2. The number of nitrogens with one attached hydrogen (secondary N) is 2. The number of ether oxygens (including phenoxy) is 1. The monoisotopic (exact) mass is 310 g/mol. The summed E-state index contributed by atoms with van der Waals surface area (Å²) in [7, 11) is -3.48. The number of sulfonamides is 1. The van der Waals surface area contributed by atoms with Crippen LogP contribution in [0.5, 0.6) is 5.75 Å². The summed E-state index contributed by atoms with van der Waals surface area (Å²) in [5.41, 5.74) is 0.